The Labute approximate surface area is 92.6 Å². The number of carboxylic acids is 1. The first-order valence-electron chi connectivity index (χ1n) is 4.30. The number of terminal acetylenes is 1. The summed E-state index contributed by atoms with van der Waals surface area (Å²) < 4.78 is 4.74. The molecule has 0 spiro atoms. The van der Waals surface area contributed by atoms with Crippen molar-refractivity contribution in [1.82, 2.24) is 5.32 Å². The number of hydrogen-bond acceptors (Lipinski definition) is 4. The van der Waals surface area contributed by atoms with E-state index in [1.54, 1.807) is 0 Å². The fourth-order valence-corrected chi connectivity index (χ4v) is 1.35. The van der Waals surface area contributed by atoms with Gasteiger partial charge in [-0.15, -0.1) is 6.42 Å². The molecule has 0 radical (unpaired) electrons. The van der Waals surface area contributed by atoms with E-state index in [9.17, 15) is 9.59 Å². The second-order valence-electron chi connectivity index (χ2n) is 2.45. The quantitative estimate of drug-likeness (QED) is 0.494. The van der Waals surface area contributed by atoms with E-state index in [0.29, 0.717) is 11.5 Å². The summed E-state index contributed by atoms with van der Waals surface area (Å²) in [5.41, 5.74) is 0. The highest BCUT2D eigenvalue weighted by Crippen LogP contribution is 2.01. The number of nitrogens with one attached hydrogen (secondary N) is 1. The van der Waals surface area contributed by atoms with Crippen LogP contribution in [0.4, 0.5) is 4.79 Å². The average Bonchev–Trinajstić information content (AvgIpc) is 2.19. The molecule has 0 saturated heterocycles. The van der Waals surface area contributed by atoms with E-state index in [-0.39, 0.29) is 19.6 Å². The van der Waals surface area contributed by atoms with E-state index in [0.717, 1.165) is 0 Å². The van der Waals surface area contributed by atoms with Crippen LogP contribution in [0.3, 0.4) is 0 Å². The second kappa shape index (κ2) is 9.21. The minimum Gasteiger partial charge on any atom is -0.481 e. The molecule has 0 bridgehead atoms. The molecule has 84 valence electrons. The summed E-state index contributed by atoms with van der Waals surface area (Å²) in [5.74, 6) is 2.51. The van der Waals surface area contributed by atoms with Crippen LogP contribution in [0, 0.1) is 12.3 Å². The van der Waals surface area contributed by atoms with Crippen molar-refractivity contribution in [2.24, 2.45) is 0 Å². The third kappa shape index (κ3) is 10.6. The molecule has 0 rings (SSSR count). The van der Waals surface area contributed by atoms with Gasteiger partial charge in [-0.05, 0) is 0 Å². The van der Waals surface area contributed by atoms with E-state index < -0.39 is 12.1 Å². The zero-order valence-electron chi connectivity index (χ0n) is 8.19. The highest BCUT2D eigenvalue weighted by atomic mass is 32.2. The minimum absolute atomic E-state index is 0.119. The maximum Gasteiger partial charge on any atom is 0.407 e. The van der Waals surface area contributed by atoms with Gasteiger partial charge in [-0.2, -0.15) is 11.8 Å². The van der Waals surface area contributed by atoms with Gasteiger partial charge in [-0.25, -0.2) is 4.79 Å². The van der Waals surface area contributed by atoms with Gasteiger partial charge in [0.25, 0.3) is 0 Å². The Kier molecular flexibility index (Phi) is 8.39. The van der Waals surface area contributed by atoms with Crippen LogP contribution in [0.15, 0.2) is 0 Å². The Bertz CT molecular complexity index is 249. The predicted molar refractivity (Wildman–Crippen MR) is 57.8 cm³/mol. The third-order valence-electron chi connectivity index (χ3n) is 1.26. The van der Waals surface area contributed by atoms with E-state index in [1.165, 1.54) is 11.8 Å². The Morgan fingerprint density at radius 1 is 1.47 bits per heavy atom. The van der Waals surface area contributed by atoms with E-state index >= 15 is 0 Å². The van der Waals surface area contributed by atoms with Crippen LogP contribution in [0.2, 0.25) is 0 Å². The van der Waals surface area contributed by atoms with E-state index in [4.69, 9.17) is 16.3 Å². The highest BCUT2D eigenvalue weighted by molar-refractivity contribution is 7.99. The Balaban J connectivity index is 3.20. The van der Waals surface area contributed by atoms with Gasteiger partial charge in [0, 0.05) is 11.5 Å². The van der Waals surface area contributed by atoms with Crippen LogP contribution in [-0.2, 0) is 9.53 Å². The first-order valence-corrected chi connectivity index (χ1v) is 5.46. The summed E-state index contributed by atoms with van der Waals surface area (Å²) >= 11 is 1.42. The van der Waals surface area contributed by atoms with Gasteiger partial charge in [0.2, 0.25) is 0 Å². The Morgan fingerprint density at radius 3 is 2.80 bits per heavy atom. The lowest BCUT2D eigenvalue weighted by molar-refractivity contribution is -0.136. The van der Waals surface area contributed by atoms with Gasteiger partial charge in [0.1, 0.15) is 6.61 Å². The highest BCUT2D eigenvalue weighted by Gasteiger charge is 2.00. The number of aliphatic carboxylic acids is 1. The molecule has 15 heavy (non-hydrogen) atoms. The van der Waals surface area contributed by atoms with Crippen LogP contribution in [0.5, 0.6) is 0 Å². The number of amides is 1. The smallest absolute Gasteiger partial charge is 0.407 e. The summed E-state index contributed by atoms with van der Waals surface area (Å²) in [6, 6.07) is 0. The zero-order valence-corrected chi connectivity index (χ0v) is 9.01. The molecule has 0 aliphatic rings. The second-order valence-corrected chi connectivity index (χ2v) is 3.67. The molecule has 2 N–H and O–H groups in total. The van der Waals surface area contributed by atoms with Crippen molar-refractivity contribution in [3.05, 3.63) is 0 Å². The molecule has 6 heteroatoms. The molecule has 0 heterocycles. The van der Waals surface area contributed by atoms with Crippen LogP contribution < -0.4 is 5.32 Å². The first kappa shape index (κ1) is 13.7. The molecule has 1 amide bonds. The zero-order chi connectivity index (χ0) is 11.5. The van der Waals surface area contributed by atoms with Gasteiger partial charge in [-0.1, -0.05) is 5.92 Å². The lowest BCUT2D eigenvalue weighted by Gasteiger charge is -2.03. The molecule has 0 saturated carbocycles. The molecule has 0 aromatic carbocycles. The monoisotopic (exact) mass is 231 g/mol. The number of thioether (sulfide) groups is 1. The van der Waals surface area contributed by atoms with Crippen molar-refractivity contribution in [1.29, 1.82) is 0 Å². The van der Waals surface area contributed by atoms with Gasteiger partial charge < -0.3 is 15.2 Å². The molecule has 5 nitrogen and oxygen atoms in total. The van der Waals surface area contributed by atoms with E-state index in [2.05, 4.69) is 11.2 Å². The van der Waals surface area contributed by atoms with Crippen LogP contribution in [-0.4, -0.2) is 41.8 Å². The number of carbonyl (C=O) groups is 2. The predicted octanol–water partition coefficient (Wildman–Crippen LogP) is 0.554. The maximum atomic E-state index is 10.8. The molecule has 0 atom stereocenters. The standard InChI is InChI=1S/C9H13NO4S/c1-2-4-10-9(13)14-5-7-15-6-3-8(11)12/h1H,3-7H2,(H,10,13)(H,11,12). The Morgan fingerprint density at radius 2 is 2.20 bits per heavy atom. The normalized spacial score (nSPS) is 9.00. The maximum absolute atomic E-state index is 10.8. The third-order valence-corrected chi connectivity index (χ3v) is 2.20. The molecule has 0 aliphatic heterocycles. The molecule has 0 fully saturated rings. The molecular formula is C9H13NO4S. The lowest BCUT2D eigenvalue weighted by atomic mass is 10.5. The number of hydrogen-bond donors (Lipinski definition) is 2. The minimum atomic E-state index is -0.824. The number of carboxylic acid groups (broad SMARTS) is 1. The van der Waals surface area contributed by atoms with Crippen molar-refractivity contribution in [2.45, 2.75) is 6.42 Å². The number of carbonyl (C=O) groups excluding carboxylic acids is 1. The van der Waals surface area contributed by atoms with Gasteiger partial charge in [-0.3, -0.25) is 4.79 Å². The summed E-state index contributed by atoms with van der Waals surface area (Å²) in [5, 5.41) is 10.7. The van der Waals surface area contributed by atoms with Crippen LogP contribution in [0.1, 0.15) is 6.42 Å². The van der Waals surface area contributed by atoms with Crippen molar-refractivity contribution in [2.75, 3.05) is 24.7 Å². The summed E-state index contributed by atoms with van der Waals surface area (Å²) in [6.45, 7) is 0.395. The largest absolute Gasteiger partial charge is 0.481 e. The number of alkyl carbamates (subject to hydrolysis) is 1. The topological polar surface area (TPSA) is 75.6 Å². The van der Waals surface area contributed by atoms with Crippen LogP contribution >= 0.6 is 11.8 Å². The first-order chi connectivity index (χ1) is 7.16. The van der Waals surface area contributed by atoms with Crippen molar-refractivity contribution in [3.63, 3.8) is 0 Å². The van der Waals surface area contributed by atoms with Gasteiger partial charge >= 0.3 is 12.1 Å². The summed E-state index contributed by atoms with van der Waals surface area (Å²) in [7, 11) is 0. The molecule has 0 aromatic rings. The SMILES string of the molecule is C#CCNC(=O)OCCSCCC(=O)O. The number of ether oxygens (including phenoxy) is 1. The van der Waals surface area contributed by atoms with Crippen molar-refractivity contribution < 1.29 is 19.4 Å². The summed E-state index contributed by atoms with van der Waals surface area (Å²) in [4.78, 5) is 20.9. The number of rotatable bonds is 7. The molecule has 0 unspecified atom stereocenters. The average molecular weight is 231 g/mol. The molecular weight excluding hydrogens is 218 g/mol. The lowest BCUT2D eigenvalue weighted by Crippen LogP contribution is -2.25. The van der Waals surface area contributed by atoms with Gasteiger partial charge in [0.05, 0.1) is 13.0 Å². The Hall–Kier alpha value is -1.35. The van der Waals surface area contributed by atoms with Crippen molar-refractivity contribution >= 4 is 23.8 Å². The fourth-order valence-electron chi connectivity index (χ4n) is 0.629. The van der Waals surface area contributed by atoms with Gasteiger partial charge in [0.15, 0.2) is 0 Å². The summed E-state index contributed by atoms with van der Waals surface area (Å²) in [6.07, 6.45) is 4.49. The van der Waals surface area contributed by atoms with Crippen LogP contribution in [0.25, 0.3) is 0 Å². The fraction of sp³-hybridized carbons (Fsp3) is 0.556. The van der Waals surface area contributed by atoms with E-state index in [1.807, 2.05) is 0 Å². The molecule has 0 aromatic heterocycles. The van der Waals surface area contributed by atoms with Crippen molar-refractivity contribution in [3.8, 4) is 12.3 Å². The molecule has 0 aliphatic carbocycles.